The van der Waals surface area contributed by atoms with E-state index in [0.717, 1.165) is 50.0 Å². The van der Waals surface area contributed by atoms with Gasteiger partial charge in [0.05, 0.1) is 6.10 Å². The van der Waals surface area contributed by atoms with Gasteiger partial charge >= 0.3 is 0 Å². The number of hydrogen-bond donors (Lipinski definition) is 2. The van der Waals surface area contributed by atoms with Gasteiger partial charge in [-0.1, -0.05) is 33.3 Å². The molecule has 0 saturated heterocycles. The maximum absolute atomic E-state index is 6.10. The summed E-state index contributed by atoms with van der Waals surface area (Å²) in [6.45, 7) is 10.9. The molecule has 2 heterocycles. The molecule has 174 valence electrons. The van der Waals surface area contributed by atoms with Gasteiger partial charge < -0.3 is 19.9 Å². The minimum absolute atomic E-state index is 0. The molecule has 9 heteroatoms. The summed E-state index contributed by atoms with van der Waals surface area (Å²) in [5, 5.41) is 17.6. The molecule has 2 unspecified atom stereocenters. The van der Waals surface area contributed by atoms with Crippen LogP contribution < -0.4 is 10.6 Å². The van der Waals surface area contributed by atoms with Crippen LogP contribution in [0, 0.1) is 12.3 Å². The number of halogens is 1. The fourth-order valence-corrected chi connectivity index (χ4v) is 4.31. The molecule has 1 fully saturated rings. The summed E-state index contributed by atoms with van der Waals surface area (Å²) in [6, 6.07) is 4.60. The lowest BCUT2D eigenvalue weighted by molar-refractivity contribution is -0.113. The Balaban J connectivity index is 0.00000341. The van der Waals surface area contributed by atoms with E-state index in [-0.39, 0.29) is 29.4 Å². The number of guanidine groups is 1. The molecule has 0 amide bonds. The molecule has 0 aliphatic heterocycles. The zero-order valence-electron chi connectivity index (χ0n) is 19.4. The maximum atomic E-state index is 6.10. The summed E-state index contributed by atoms with van der Waals surface area (Å²) < 4.78 is 8.09. The number of thiophene rings is 1. The van der Waals surface area contributed by atoms with Gasteiger partial charge in [-0.15, -0.1) is 45.5 Å². The van der Waals surface area contributed by atoms with Crippen molar-refractivity contribution in [2.24, 2.45) is 17.5 Å². The standard InChI is InChI=1S/C22H36N6OS.HI/c1-6-7-12-29-19-14-18(22(19,3)4)25-21(23-11-10-17-9-8-13-30-17)24-15-20-27-26-16(2)28(20)5;/h8-9,13,18-19H,6-7,10-12,14-15H2,1-5H3,(H2,23,24,25);1H. The molecule has 1 aliphatic rings. The Bertz CT molecular complexity index is 820. The molecule has 0 bridgehead atoms. The number of aromatic nitrogens is 3. The van der Waals surface area contributed by atoms with E-state index in [1.54, 1.807) is 11.3 Å². The van der Waals surface area contributed by atoms with E-state index < -0.39 is 0 Å². The molecule has 2 aromatic rings. The monoisotopic (exact) mass is 560 g/mol. The van der Waals surface area contributed by atoms with Crippen LogP contribution in [0.25, 0.3) is 0 Å². The molecule has 31 heavy (non-hydrogen) atoms. The predicted octanol–water partition coefficient (Wildman–Crippen LogP) is 4.06. The van der Waals surface area contributed by atoms with Crippen molar-refractivity contribution >= 4 is 41.3 Å². The fourth-order valence-electron chi connectivity index (χ4n) is 3.60. The van der Waals surface area contributed by atoms with E-state index in [1.807, 2.05) is 18.5 Å². The second-order valence-corrected chi connectivity index (χ2v) is 9.64. The van der Waals surface area contributed by atoms with Gasteiger partial charge in [0.2, 0.25) is 0 Å². The van der Waals surface area contributed by atoms with Crippen molar-refractivity contribution < 1.29 is 4.74 Å². The predicted molar refractivity (Wildman–Crippen MR) is 138 cm³/mol. The minimum Gasteiger partial charge on any atom is -0.378 e. The number of aliphatic imine (C=N–C) groups is 1. The normalized spacial score (nSPS) is 20.1. The van der Waals surface area contributed by atoms with Gasteiger partial charge in [-0.3, -0.25) is 0 Å². The van der Waals surface area contributed by atoms with E-state index in [0.29, 0.717) is 18.7 Å². The fraction of sp³-hybridized carbons (Fsp3) is 0.682. The number of aryl methyl sites for hydroxylation is 1. The van der Waals surface area contributed by atoms with Crippen LogP contribution >= 0.6 is 35.3 Å². The second-order valence-electron chi connectivity index (χ2n) is 8.61. The average molecular weight is 561 g/mol. The highest BCUT2D eigenvalue weighted by Crippen LogP contribution is 2.42. The van der Waals surface area contributed by atoms with Crippen LogP contribution in [0.5, 0.6) is 0 Å². The molecule has 0 aromatic carbocycles. The summed E-state index contributed by atoms with van der Waals surface area (Å²) in [5.41, 5.74) is 0.0747. The van der Waals surface area contributed by atoms with Crippen molar-refractivity contribution in [3.05, 3.63) is 34.0 Å². The van der Waals surface area contributed by atoms with Crippen LogP contribution in [0.3, 0.4) is 0 Å². The highest BCUT2D eigenvalue weighted by atomic mass is 127. The number of rotatable bonds is 10. The minimum atomic E-state index is 0. The molecule has 2 atom stereocenters. The lowest BCUT2D eigenvalue weighted by Crippen LogP contribution is -2.63. The quantitative estimate of drug-likeness (QED) is 0.198. The van der Waals surface area contributed by atoms with Crippen LogP contribution in [0.1, 0.15) is 56.6 Å². The van der Waals surface area contributed by atoms with Crippen LogP contribution in [-0.4, -0.2) is 46.0 Å². The van der Waals surface area contributed by atoms with Gasteiger partial charge in [-0.2, -0.15) is 0 Å². The molecule has 7 nitrogen and oxygen atoms in total. The van der Waals surface area contributed by atoms with Crippen LogP contribution in [0.2, 0.25) is 0 Å². The van der Waals surface area contributed by atoms with E-state index in [9.17, 15) is 0 Å². The van der Waals surface area contributed by atoms with Crippen LogP contribution in [0.15, 0.2) is 22.5 Å². The molecule has 2 aromatic heterocycles. The summed E-state index contributed by atoms with van der Waals surface area (Å²) in [4.78, 5) is 6.18. The largest absolute Gasteiger partial charge is 0.378 e. The number of nitrogens with zero attached hydrogens (tertiary/aromatic N) is 4. The molecule has 0 radical (unpaired) electrons. The van der Waals surface area contributed by atoms with Crippen LogP contribution in [0.4, 0.5) is 0 Å². The molecule has 3 rings (SSSR count). The van der Waals surface area contributed by atoms with Crippen LogP contribution in [-0.2, 0) is 24.8 Å². The highest BCUT2D eigenvalue weighted by molar-refractivity contribution is 14.0. The van der Waals surface area contributed by atoms with Gasteiger partial charge in [-0.25, -0.2) is 4.99 Å². The zero-order valence-corrected chi connectivity index (χ0v) is 22.5. The first-order valence-electron chi connectivity index (χ1n) is 11.0. The number of unbranched alkanes of at least 4 members (excludes halogenated alkanes) is 1. The number of ether oxygens (including phenoxy) is 1. The summed E-state index contributed by atoms with van der Waals surface area (Å²) in [6.07, 6.45) is 4.58. The van der Waals surface area contributed by atoms with Crippen molar-refractivity contribution in [2.45, 2.75) is 72.1 Å². The highest BCUT2D eigenvalue weighted by Gasteiger charge is 2.49. The average Bonchev–Trinajstić information content (AvgIpc) is 3.35. The Morgan fingerprint density at radius 2 is 2.19 bits per heavy atom. The van der Waals surface area contributed by atoms with Crippen molar-refractivity contribution in [3.8, 4) is 0 Å². The topological polar surface area (TPSA) is 76.4 Å². The first kappa shape index (κ1) is 26.1. The Labute approximate surface area is 207 Å². The second kappa shape index (κ2) is 12.2. The molecule has 1 saturated carbocycles. The third-order valence-corrected chi connectivity index (χ3v) is 7.05. The van der Waals surface area contributed by atoms with Crippen molar-refractivity contribution in [2.75, 3.05) is 13.2 Å². The van der Waals surface area contributed by atoms with Gasteiger partial charge in [0, 0.05) is 36.5 Å². The molecular formula is C22H37IN6OS. The SMILES string of the molecule is CCCCOC1CC(NC(=NCc2nnc(C)n2C)NCCc2cccs2)C1(C)C.I. The van der Waals surface area contributed by atoms with Gasteiger partial charge in [-0.05, 0) is 37.6 Å². The molecule has 2 N–H and O–H groups in total. The summed E-state index contributed by atoms with van der Waals surface area (Å²) in [7, 11) is 1.98. The van der Waals surface area contributed by atoms with E-state index in [4.69, 9.17) is 9.73 Å². The molecule has 1 aliphatic carbocycles. The van der Waals surface area contributed by atoms with Crippen molar-refractivity contribution in [3.63, 3.8) is 0 Å². The van der Waals surface area contributed by atoms with Gasteiger partial charge in [0.1, 0.15) is 12.4 Å². The lowest BCUT2D eigenvalue weighted by Gasteiger charge is -2.52. The van der Waals surface area contributed by atoms with Gasteiger partial charge in [0.15, 0.2) is 11.8 Å². The first-order chi connectivity index (χ1) is 14.4. The number of nitrogens with one attached hydrogen (secondary N) is 2. The number of hydrogen-bond acceptors (Lipinski definition) is 5. The zero-order chi connectivity index (χ0) is 21.6. The third-order valence-electron chi connectivity index (χ3n) is 6.11. The molecular weight excluding hydrogens is 523 g/mol. The maximum Gasteiger partial charge on any atom is 0.191 e. The van der Waals surface area contributed by atoms with Gasteiger partial charge in [0.25, 0.3) is 0 Å². The Hall–Kier alpha value is -1.20. The smallest absolute Gasteiger partial charge is 0.191 e. The summed E-state index contributed by atoms with van der Waals surface area (Å²) in [5.74, 6) is 2.59. The Morgan fingerprint density at radius 1 is 1.39 bits per heavy atom. The first-order valence-corrected chi connectivity index (χ1v) is 11.8. The van der Waals surface area contributed by atoms with E-state index in [2.05, 4.69) is 59.1 Å². The Kier molecular flexibility index (Phi) is 10.2. The lowest BCUT2D eigenvalue weighted by atomic mass is 9.64. The van der Waals surface area contributed by atoms with E-state index >= 15 is 0 Å². The summed E-state index contributed by atoms with van der Waals surface area (Å²) >= 11 is 1.79. The van der Waals surface area contributed by atoms with Crippen molar-refractivity contribution in [1.29, 1.82) is 0 Å². The van der Waals surface area contributed by atoms with E-state index in [1.165, 1.54) is 11.3 Å². The molecule has 0 spiro atoms. The Morgan fingerprint density at radius 3 is 2.81 bits per heavy atom. The third kappa shape index (κ3) is 6.89. The van der Waals surface area contributed by atoms with Crippen molar-refractivity contribution in [1.82, 2.24) is 25.4 Å².